The minimum absolute atomic E-state index is 0.106. The topological polar surface area (TPSA) is 129 Å². The molecule has 2 aromatic carbocycles. The summed E-state index contributed by atoms with van der Waals surface area (Å²) >= 11 is 4.57. The van der Waals surface area contributed by atoms with E-state index in [-0.39, 0.29) is 35.4 Å². The van der Waals surface area contributed by atoms with Crippen molar-refractivity contribution in [2.24, 2.45) is 0 Å². The molecule has 10 heteroatoms. The lowest BCUT2D eigenvalue weighted by Gasteiger charge is -2.10. The predicted octanol–water partition coefficient (Wildman–Crippen LogP) is 4.52. The molecule has 0 saturated heterocycles. The van der Waals surface area contributed by atoms with Crippen LogP contribution in [0.3, 0.4) is 0 Å². The average molecular weight is 544 g/mol. The Kier molecular flexibility index (Phi) is 8.19. The molecule has 1 heterocycles. The lowest BCUT2D eigenvalue weighted by Crippen LogP contribution is -2.28. The number of amides is 2. The van der Waals surface area contributed by atoms with Crippen LogP contribution in [0.25, 0.3) is 6.08 Å². The zero-order valence-corrected chi connectivity index (χ0v) is 20.7. The van der Waals surface area contributed by atoms with Gasteiger partial charge in [-0.1, -0.05) is 26.0 Å². The van der Waals surface area contributed by atoms with Gasteiger partial charge in [-0.3, -0.25) is 9.59 Å². The zero-order valence-electron chi connectivity index (χ0n) is 18.3. The maximum absolute atomic E-state index is 12.7. The van der Waals surface area contributed by atoms with Crippen LogP contribution in [-0.4, -0.2) is 33.0 Å². The summed E-state index contributed by atoms with van der Waals surface area (Å²) in [7, 11) is 0. The second-order valence-electron chi connectivity index (χ2n) is 7.63. The number of aromatic hydroxyl groups is 1. The van der Waals surface area contributed by atoms with Crippen molar-refractivity contribution in [1.29, 1.82) is 0 Å². The Balaban J connectivity index is 1.71. The predicted molar refractivity (Wildman–Crippen MR) is 133 cm³/mol. The quantitative estimate of drug-likeness (QED) is 0.309. The molecule has 0 aliphatic heterocycles. The number of benzene rings is 2. The smallest absolute Gasteiger partial charge is 0.352 e. The van der Waals surface area contributed by atoms with Gasteiger partial charge in [-0.05, 0) is 57.7 Å². The van der Waals surface area contributed by atoms with E-state index in [2.05, 4.69) is 31.5 Å². The van der Waals surface area contributed by atoms with Crippen LogP contribution in [0.15, 0.2) is 58.0 Å². The third-order valence-electron chi connectivity index (χ3n) is 4.72. The standard InChI is InChI=1S/C24H22BrN3O5S/c1-13(2)20-12-34-21(27-20)10-19(24(32)33)28-23(31)17-7-6-15(9-18(17)25)22(30)26-11-14-4-3-5-16(29)8-14/h3-10,12-13,29H,11H2,1-2H3,(H,26,30)(H,28,31)(H,32,33)/b19-10-. The number of carbonyl (C=O) groups excluding carboxylic acids is 2. The van der Waals surface area contributed by atoms with Crippen molar-refractivity contribution >= 4 is 51.1 Å². The molecule has 1 aromatic heterocycles. The van der Waals surface area contributed by atoms with E-state index in [1.54, 1.807) is 18.2 Å². The van der Waals surface area contributed by atoms with E-state index in [1.807, 2.05) is 19.2 Å². The van der Waals surface area contributed by atoms with Gasteiger partial charge in [0.15, 0.2) is 0 Å². The Labute approximate surface area is 208 Å². The second kappa shape index (κ2) is 11.1. The van der Waals surface area contributed by atoms with Gasteiger partial charge in [-0.25, -0.2) is 9.78 Å². The first-order valence-corrected chi connectivity index (χ1v) is 11.9. The minimum atomic E-state index is -1.30. The van der Waals surface area contributed by atoms with Crippen molar-refractivity contribution in [3.63, 3.8) is 0 Å². The second-order valence-corrected chi connectivity index (χ2v) is 9.37. The first-order valence-electron chi connectivity index (χ1n) is 10.2. The number of thiazole rings is 1. The molecular weight excluding hydrogens is 522 g/mol. The molecule has 0 saturated carbocycles. The Hall–Kier alpha value is -3.50. The molecule has 8 nitrogen and oxygen atoms in total. The molecule has 0 spiro atoms. The zero-order chi connectivity index (χ0) is 24.8. The lowest BCUT2D eigenvalue weighted by molar-refractivity contribution is -0.132. The lowest BCUT2D eigenvalue weighted by atomic mass is 10.1. The van der Waals surface area contributed by atoms with Crippen molar-refractivity contribution in [1.82, 2.24) is 15.6 Å². The molecule has 2 amide bonds. The fourth-order valence-electron chi connectivity index (χ4n) is 2.89. The van der Waals surface area contributed by atoms with Crippen LogP contribution in [0, 0.1) is 0 Å². The molecule has 0 aliphatic carbocycles. The van der Waals surface area contributed by atoms with Gasteiger partial charge in [0.1, 0.15) is 16.5 Å². The van der Waals surface area contributed by atoms with Gasteiger partial charge >= 0.3 is 5.97 Å². The van der Waals surface area contributed by atoms with Crippen LogP contribution in [0.5, 0.6) is 5.75 Å². The van der Waals surface area contributed by atoms with Crippen molar-refractivity contribution < 1.29 is 24.6 Å². The van der Waals surface area contributed by atoms with Crippen LogP contribution < -0.4 is 10.6 Å². The molecular formula is C24H22BrN3O5S. The molecule has 3 rings (SSSR count). The third-order valence-corrected chi connectivity index (χ3v) is 6.18. The van der Waals surface area contributed by atoms with E-state index >= 15 is 0 Å². The van der Waals surface area contributed by atoms with Crippen molar-refractivity contribution in [2.45, 2.75) is 26.3 Å². The van der Waals surface area contributed by atoms with Gasteiger partial charge in [-0.15, -0.1) is 11.3 Å². The number of aromatic nitrogens is 1. The van der Waals surface area contributed by atoms with Gasteiger partial charge in [0, 0.05) is 28.0 Å². The Morgan fingerprint density at radius 3 is 2.53 bits per heavy atom. The van der Waals surface area contributed by atoms with Crippen LogP contribution >= 0.6 is 27.3 Å². The highest BCUT2D eigenvalue weighted by molar-refractivity contribution is 9.10. The van der Waals surface area contributed by atoms with E-state index in [0.29, 0.717) is 15.0 Å². The summed E-state index contributed by atoms with van der Waals surface area (Å²) < 4.78 is 0.330. The van der Waals surface area contributed by atoms with Crippen molar-refractivity contribution in [3.05, 3.63) is 85.4 Å². The number of phenolic OH excluding ortho intramolecular Hbond substituents is 1. The highest BCUT2D eigenvalue weighted by atomic mass is 79.9. The molecule has 34 heavy (non-hydrogen) atoms. The largest absolute Gasteiger partial charge is 0.508 e. The number of phenols is 1. The minimum Gasteiger partial charge on any atom is -0.508 e. The number of nitrogens with one attached hydrogen (secondary N) is 2. The number of carboxylic acid groups (broad SMARTS) is 1. The molecule has 0 unspecified atom stereocenters. The van der Waals surface area contributed by atoms with E-state index < -0.39 is 11.9 Å². The summed E-state index contributed by atoms with van der Waals surface area (Å²) in [6.45, 7) is 4.18. The molecule has 176 valence electrons. The molecule has 0 bridgehead atoms. The fourth-order valence-corrected chi connectivity index (χ4v) is 4.36. The molecule has 0 aliphatic rings. The number of nitrogens with zero attached hydrogens (tertiary/aromatic N) is 1. The summed E-state index contributed by atoms with van der Waals surface area (Å²) in [5.74, 6) is -2.00. The number of halogens is 1. The van der Waals surface area contributed by atoms with E-state index in [1.165, 1.54) is 41.7 Å². The summed E-state index contributed by atoms with van der Waals surface area (Å²) in [5.41, 5.74) is 1.74. The highest BCUT2D eigenvalue weighted by Crippen LogP contribution is 2.21. The summed E-state index contributed by atoms with van der Waals surface area (Å²) in [6.07, 6.45) is 1.31. The van der Waals surface area contributed by atoms with Crippen molar-refractivity contribution in [2.75, 3.05) is 0 Å². The number of carboxylic acids is 1. The Morgan fingerprint density at radius 2 is 1.91 bits per heavy atom. The van der Waals surface area contributed by atoms with Crippen molar-refractivity contribution in [3.8, 4) is 5.75 Å². The van der Waals surface area contributed by atoms with E-state index in [0.717, 1.165) is 11.3 Å². The Bertz CT molecular complexity index is 1270. The number of carbonyl (C=O) groups is 3. The van der Waals surface area contributed by atoms with E-state index in [9.17, 15) is 24.6 Å². The number of hydrogen-bond donors (Lipinski definition) is 4. The Morgan fingerprint density at radius 1 is 1.15 bits per heavy atom. The third kappa shape index (κ3) is 6.52. The van der Waals surface area contributed by atoms with Gasteiger partial charge in [0.2, 0.25) is 0 Å². The molecule has 4 N–H and O–H groups in total. The maximum Gasteiger partial charge on any atom is 0.352 e. The van der Waals surface area contributed by atoms with Gasteiger partial charge in [0.25, 0.3) is 11.8 Å². The van der Waals surface area contributed by atoms with Gasteiger partial charge < -0.3 is 20.8 Å². The maximum atomic E-state index is 12.7. The monoisotopic (exact) mass is 543 g/mol. The van der Waals surface area contributed by atoms with Crippen LogP contribution in [-0.2, 0) is 11.3 Å². The summed E-state index contributed by atoms with van der Waals surface area (Å²) in [5, 5.41) is 26.5. The first-order chi connectivity index (χ1) is 16.1. The first kappa shape index (κ1) is 25.1. The number of hydrogen-bond acceptors (Lipinski definition) is 6. The highest BCUT2D eigenvalue weighted by Gasteiger charge is 2.18. The van der Waals surface area contributed by atoms with Crippen LogP contribution in [0.2, 0.25) is 0 Å². The average Bonchev–Trinajstić information content (AvgIpc) is 3.26. The van der Waals surface area contributed by atoms with Crippen LogP contribution in [0.1, 0.15) is 56.7 Å². The summed E-state index contributed by atoms with van der Waals surface area (Å²) in [4.78, 5) is 41.2. The molecule has 0 radical (unpaired) electrons. The SMILES string of the molecule is CC(C)c1csc(/C=C(\NC(=O)c2ccc(C(=O)NCc3cccc(O)c3)cc2Br)C(=O)O)n1. The fraction of sp³-hybridized carbons (Fsp3) is 0.167. The van der Waals surface area contributed by atoms with Crippen LogP contribution in [0.4, 0.5) is 0 Å². The number of aliphatic carboxylic acids is 1. The normalized spacial score (nSPS) is 11.4. The molecule has 0 fully saturated rings. The summed E-state index contributed by atoms with van der Waals surface area (Å²) in [6, 6.07) is 10.9. The van der Waals surface area contributed by atoms with Gasteiger partial charge in [-0.2, -0.15) is 0 Å². The van der Waals surface area contributed by atoms with E-state index in [4.69, 9.17) is 0 Å². The molecule has 0 atom stereocenters. The molecule has 3 aromatic rings. The van der Waals surface area contributed by atoms with Gasteiger partial charge in [0.05, 0.1) is 11.3 Å². The number of rotatable bonds is 8.